The van der Waals surface area contributed by atoms with Crippen LogP contribution in [-0.2, 0) is 18.9 Å². The fourth-order valence-electron chi connectivity index (χ4n) is 0.828. The molecule has 0 aromatic rings. The maximum Gasteiger partial charge on any atom is 0.0701 e. The monoisotopic (exact) mass is 206 g/mol. The van der Waals surface area contributed by atoms with Crippen LogP contribution in [0.4, 0.5) is 0 Å². The molecule has 0 aliphatic rings. The van der Waals surface area contributed by atoms with Crippen molar-refractivity contribution in [3.8, 4) is 0 Å². The molecule has 0 saturated heterocycles. The summed E-state index contributed by atoms with van der Waals surface area (Å²) in [6.45, 7) is 6.74. The largest absolute Gasteiger partial charge is 0.382 e. The van der Waals surface area contributed by atoms with Gasteiger partial charge in [-0.05, 0) is 6.42 Å². The summed E-state index contributed by atoms with van der Waals surface area (Å²) >= 11 is 0. The van der Waals surface area contributed by atoms with Gasteiger partial charge in [-0.25, -0.2) is 0 Å². The van der Waals surface area contributed by atoms with Crippen molar-refractivity contribution in [1.82, 2.24) is 0 Å². The molecular weight excluding hydrogens is 184 g/mol. The Balaban J connectivity index is 2.78. The van der Waals surface area contributed by atoms with E-state index in [4.69, 9.17) is 18.9 Å². The van der Waals surface area contributed by atoms with Crippen molar-refractivity contribution in [2.75, 3.05) is 53.4 Å². The molecule has 0 rings (SSSR count). The first kappa shape index (κ1) is 13.8. The zero-order valence-electron chi connectivity index (χ0n) is 9.29. The number of ether oxygens (including phenoxy) is 4. The Morgan fingerprint density at radius 3 is 1.50 bits per heavy atom. The second-order valence-electron chi connectivity index (χ2n) is 2.83. The van der Waals surface area contributed by atoms with Crippen LogP contribution < -0.4 is 0 Å². The van der Waals surface area contributed by atoms with Gasteiger partial charge < -0.3 is 18.9 Å². The van der Waals surface area contributed by atoms with Crippen molar-refractivity contribution < 1.29 is 18.9 Å². The van der Waals surface area contributed by atoms with Crippen LogP contribution in [0.2, 0.25) is 0 Å². The van der Waals surface area contributed by atoms with Crippen LogP contribution in [0.1, 0.15) is 13.3 Å². The van der Waals surface area contributed by atoms with Crippen molar-refractivity contribution >= 4 is 0 Å². The van der Waals surface area contributed by atoms with Crippen LogP contribution in [0.5, 0.6) is 0 Å². The van der Waals surface area contributed by atoms with E-state index in [0.29, 0.717) is 39.6 Å². The third kappa shape index (κ3) is 11.8. The molecule has 0 bridgehead atoms. The summed E-state index contributed by atoms with van der Waals surface area (Å²) in [5, 5.41) is 0. The molecule has 0 aliphatic carbocycles. The molecule has 0 amide bonds. The molecule has 0 aromatic heterocycles. The molecule has 0 heterocycles. The summed E-state index contributed by atoms with van der Waals surface area (Å²) in [7, 11) is 1.66. The summed E-state index contributed by atoms with van der Waals surface area (Å²) < 4.78 is 20.6. The van der Waals surface area contributed by atoms with Crippen LogP contribution in [0.15, 0.2) is 0 Å². The van der Waals surface area contributed by atoms with Gasteiger partial charge in [0.2, 0.25) is 0 Å². The Morgan fingerprint density at radius 1 is 0.643 bits per heavy atom. The molecule has 4 heteroatoms. The Morgan fingerprint density at radius 2 is 1.07 bits per heavy atom. The summed E-state index contributed by atoms with van der Waals surface area (Å²) in [4.78, 5) is 0. The van der Waals surface area contributed by atoms with Crippen LogP contribution >= 0.6 is 0 Å². The fourth-order valence-corrected chi connectivity index (χ4v) is 0.828. The van der Waals surface area contributed by atoms with Gasteiger partial charge in [-0.1, -0.05) is 6.92 Å². The summed E-state index contributed by atoms with van der Waals surface area (Å²) in [6, 6.07) is 0. The number of rotatable bonds is 11. The number of hydrogen-bond acceptors (Lipinski definition) is 4. The maximum atomic E-state index is 5.27. The van der Waals surface area contributed by atoms with Crippen molar-refractivity contribution in [1.29, 1.82) is 0 Å². The predicted molar refractivity (Wildman–Crippen MR) is 54.6 cm³/mol. The normalized spacial score (nSPS) is 10.7. The molecule has 0 aliphatic heterocycles. The van der Waals surface area contributed by atoms with Gasteiger partial charge >= 0.3 is 0 Å². The minimum absolute atomic E-state index is 0.622. The quantitative estimate of drug-likeness (QED) is 0.474. The van der Waals surface area contributed by atoms with Gasteiger partial charge in [0.15, 0.2) is 0 Å². The van der Waals surface area contributed by atoms with Gasteiger partial charge in [-0.2, -0.15) is 0 Å². The smallest absolute Gasteiger partial charge is 0.0701 e. The average Bonchev–Trinajstić information content (AvgIpc) is 2.21. The lowest BCUT2D eigenvalue weighted by atomic mass is 10.5. The van der Waals surface area contributed by atoms with E-state index in [0.717, 1.165) is 13.0 Å². The van der Waals surface area contributed by atoms with Crippen LogP contribution in [-0.4, -0.2) is 53.4 Å². The number of hydrogen-bond donors (Lipinski definition) is 0. The molecule has 0 fully saturated rings. The highest BCUT2D eigenvalue weighted by molar-refractivity contribution is 4.33. The van der Waals surface area contributed by atoms with Gasteiger partial charge in [0, 0.05) is 13.7 Å². The first-order chi connectivity index (χ1) is 6.91. The minimum Gasteiger partial charge on any atom is -0.382 e. The van der Waals surface area contributed by atoms with E-state index in [1.807, 2.05) is 0 Å². The Bertz CT molecular complexity index is 86.1. The lowest BCUT2D eigenvalue weighted by Gasteiger charge is -2.05. The highest BCUT2D eigenvalue weighted by Crippen LogP contribution is 1.83. The summed E-state index contributed by atoms with van der Waals surface area (Å²) in [5.41, 5.74) is 0. The van der Waals surface area contributed by atoms with E-state index in [1.165, 1.54) is 0 Å². The van der Waals surface area contributed by atoms with Crippen molar-refractivity contribution in [2.45, 2.75) is 13.3 Å². The summed E-state index contributed by atoms with van der Waals surface area (Å²) in [6.07, 6.45) is 1.06. The van der Waals surface area contributed by atoms with E-state index in [9.17, 15) is 0 Å². The Hall–Kier alpha value is -0.160. The van der Waals surface area contributed by atoms with Crippen molar-refractivity contribution in [3.05, 3.63) is 0 Å². The van der Waals surface area contributed by atoms with Crippen molar-refractivity contribution in [2.24, 2.45) is 0 Å². The minimum atomic E-state index is 0.622. The average molecular weight is 206 g/mol. The molecular formula is C10H22O4. The number of methoxy groups -OCH3 is 1. The molecule has 0 saturated carbocycles. The van der Waals surface area contributed by atoms with Crippen LogP contribution in [0, 0.1) is 0 Å². The van der Waals surface area contributed by atoms with Crippen LogP contribution in [0.25, 0.3) is 0 Å². The molecule has 4 nitrogen and oxygen atoms in total. The predicted octanol–water partition coefficient (Wildman–Crippen LogP) is 1.09. The molecule has 14 heavy (non-hydrogen) atoms. The van der Waals surface area contributed by atoms with Crippen LogP contribution in [0.3, 0.4) is 0 Å². The van der Waals surface area contributed by atoms with Gasteiger partial charge in [-0.15, -0.1) is 0 Å². The molecule has 0 spiro atoms. The zero-order valence-corrected chi connectivity index (χ0v) is 9.29. The molecule has 0 radical (unpaired) electrons. The maximum absolute atomic E-state index is 5.27. The van der Waals surface area contributed by atoms with E-state index in [1.54, 1.807) is 7.11 Å². The topological polar surface area (TPSA) is 36.9 Å². The van der Waals surface area contributed by atoms with Crippen molar-refractivity contribution in [3.63, 3.8) is 0 Å². The highest BCUT2D eigenvalue weighted by Gasteiger charge is 1.90. The van der Waals surface area contributed by atoms with E-state index in [-0.39, 0.29) is 0 Å². The van der Waals surface area contributed by atoms with Gasteiger partial charge in [0.05, 0.1) is 39.6 Å². The van der Waals surface area contributed by atoms with E-state index >= 15 is 0 Å². The molecule has 0 atom stereocenters. The highest BCUT2D eigenvalue weighted by atomic mass is 16.6. The van der Waals surface area contributed by atoms with E-state index in [2.05, 4.69) is 6.92 Å². The van der Waals surface area contributed by atoms with Gasteiger partial charge in [-0.3, -0.25) is 0 Å². The Labute approximate surface area is 86.5 Å². The van der Waals surface area contributed by atoms with E-state index < -0.39 is 0 Å². The fraction of sp³-hybridized carbons (Fsp3) is 1.00. The third-order valence-electron chi connectivity index (χ3n) is 1.52. The molecule has 0 unspecified atom stereocenters. The molecule has 0 N–H and O–H groups in total. The molecule has 0 aromatic carbocycles. The lowest BCUT2D eigenvalue weighted by molar-refractivity contribution is 0.00377. The standard InChI is InChI=1S/C10H22O4/c1-3-4-12-7-8-14-10-9-13-6-5-11-2/h3-10H2,1-2H3. The Kier molecular flexibility index (Phi) is 12.7. The second kappa shape index (κ2) is 12.8. The lowest BCUT2D eigenvalue weighted by Crippen LogP contribution is -2.11. The molecule has 86 valence electrons. The summed E-state index contributed by atoms with van der Waals surface area (Å²) in [5.74, 6) is 0. The SMILES string of the molecule is CCCOCCOCCOCCOC. The first-order valence-electron chi connectivity index (χ1n) is 5.14. The first-order valence-corrected chi connectivity index (χ1v) is 5.14. The zero-order chi connectivity index (χ0) is 10.5. The third-order valence-corrected chi connectivity index (χ3v) is 1.52. The van der Waals surface area contributed by atoms with Gasteiger partial charge in [0.1, 0.15) is 0 Å². The second-order valence-corrected chi connectivity index (χ2v) is 2.83. The van der Waals surface area contributed by atoms with Gasteiger partial charge in [0.25, 0.3) is 0 Å².